The van der Waals surface area contributed by atoms with Crippen molar-refractivity contribution >= 4 is 12.0 Å². The SMILES string of the molecule is CC(C)(C)OC(=O)N1CCCO[C@H](C(=O)N[C@H](C#N)Cc2ccc(-c3ccc(C#N)cc3)cc2)C1. The van der Waals surface area contributed by atoms with E-state index in [0.29, 0.717) is 31.6 Å². The molecule has 1 aliphatic heterocycles. The summed E-state index contributed by atoms with van der Waals surface area (Å²) < 4.78 is 11.1. The predicted molar refractivity (Wildman–Crippen MR) is 130 cm³/mol. The Kier molecular flexibility index (Phi) is 8.46. The molecule has 0 saturated carbocycles. The lowest BCUT2D eigenvalue weighted by Crippen LogP contribution is -2.48. The van der Waals surface area contributed by atoms with Gasteiger partial charge < -0.3 is 19.7 Å². The topological polar surface area (TPSA) is 115 Å². The van der Waals surface area contributed by atoms with Crippen molar-refractivity contribution in [1.29, 1.82) is 10.5 Å². The first-order chi connectivity index (χ1) is 16.7. The van der Waals surface area contributed by atoms with Gasteiger partial charge in [0.2, 0.25) is 0 Å². The van der Waals surface area contributed by atoms with Crippen LogP contribution in [0.4, 0.5) is 4.79 Å². The fourth-order valence-corrected chi connectivity index (χ4v) is 3.68. The Morgan fingerprint density at radius 3 is 2.31 bits per heavy atom. The van der Waals surface area contributed by atoms with Gasteiger partial charge >= 0.3 is 6.09 Å². The Labute approximate surface area is 206 Å². The Morgan fingerprint density at radius 1 is 1.11 bits per heavy atom. The third-order valence-corrected chi connectivity index (χ3v) is 5.44. The van der Waals surface area contributed by atoms with Crippen molar-refractivity contribution in [3.63, 3.8) is 0 Å². The minimum absolute atomic E-state index is 0.0676. The summed E-state index contributed by atoms with van der Waals surface area (Å²) >= 11 is 0. The highest BCUT2D eigenvalue weighted by Crippen LogP contribution is 2.21. The van der Waals surface area contributed by atoms with Gasteiger partial charge in [0.05, 0.1) is 24.2 Å². The number of nitrogens with zero attached hydrogens (tertiary/aromatic N) is 3. The van der Waals surface area contributed by atoms with Gasteiger partial charge in [-0.15, -0.1) is 0 Å². The van der Waals surface area contributed by atoms with Gasteiger partial charge in [-0.2, -0.15) is 10.5 Å². The highest BCUT2D eigenvalue weighted by Gasteiger charge is 2.31. The van der Waals surface area contributed by atoms with Crippen LogP contribution in [0.15, 0.2) is 48.5 Å². The molecule has 0 spiro atoms. The molecular formula is C27H30N4O4. The minimum atomic E-state index is -0.875. The van der Waals surface area contributed by atoms with Gasteiger partial charge in [-0.25, -0.2) is 4.79 Å². The van der Waals surface area contributed by atoms with Crippen molar-refractivity contribution in [3.05, 3.63) is 59.7 Å². The van der Waals surface area contributed by atoms with E-state index in [9.17, 15) is 14.9 Å². The molecule has 1 fully saturated rings. The highest BCUT2D eigenvalue weighted by molar-refractivity contribution is 5.82. The fourth-order valence-electron chi connectivity index (χ4n) is 3.68. The lowest BCUT2D eigenvalue weighted by molar-refractivity contribution is -0.133. The van der Waals surface area contributed by atoms with E-state index in [1.165, 1.54) is 4.90 Å². The Bertz CT molecular complexity index is 1110. The van der Waals surface area contributed by atoms with E-state index >= 15 is 0 Å². The molecule has 0 bridgehead atoms. The molecule has 0 unspecified atom stereocenters. The van der Waals surface area contributed by atoms with Crippen LogP contribution in [0.1, 0.15) is 38.3 Å². The van der Waals surface area contributed by atoms with E-state index in [4.69, 9.17) is 14.7 Å². The number of amides is 2. The fraction of sp³-hybridized carbons (Fsp3) is 0.407. The van der Waals surface area contributed by atoms with Gasteiger partial charge in [0.1, 0.15) is 11.6 Å². The summed E-state index contributed by atoms with van der Waals surface area (Å²) in [5.41, 5.74) is 2.84. The number of benzene rings is 2. The molecule has 0 aromatic heterocycles. The van der Waals surface area contributed by atoms with E-state index in [1.54, 1.807) is 32.9 Å². The lowest BCUT2D eigenvalue weighted by atomic mass is 10.00. The molecule has 8 nitrogen and oxygen atoms in total. The molecule has 35 heavy (non-hydrogen) atoms. The van der Waals surface area contributed by atoms with Crippen LogP contribution in [0, 0.1) is 22.7 Å². The van der Waals surface area contributed by atoms with Crippen molar-refractivity contribution in [3.8, 4) is 23.3 Å². The average Bonchev–Trinajstić information content (AvgIpc) is 3.10. The molecule has 2 atom stereocenters. The monoisotopic (exact) mass is 474 g/mol. The van der Waals surface area contributed by atoms with Crippen LogP contribution in [0.25, 0.3) is 11.1 Å². The summed E-state index contributed by atoms with van der Waals surface area (Å²) in [7, 11) is 0. The van der Waals surface area contributed by atoms with E-state index < -0.39 is 29.7 Å². The summed E-state index contributed by atoms with van der Waals surface area (Å²) in [6.45, 7) is 6.21. The second-order valence-corrected chi connectivity index (χ2v) is 9.42. The van der Waals surface area contributed by atoms with Crippen LogP contribution in [-0.2, 0) is 20.7 Å². The number of hydrogen-bond donors (Lipinski definition) is 1. The normalized spacial score (nSPS) is 16.8. The van der Waals surface area contributed by atoms with Crippen molar-refractivity contribution in [2.75, 3.05) is 19.7 Å². The van der Waals surface area contributed by atoms with Crippen LogP contribution in [0.2, 0.25) is 0 Å². The second-order valence-electron chi connectivity index (χ2n) is 9.42. The molecule has 8 heteroatoms. The third kappa shape index (κ3) is 7.56. The zero-order valence-corrected chi connectivity index (χ0v) is 20.3. The molecule has 1 N–H and O–H groups in total. The number of ether oxygens (including phenoxy) is 2. The van der Waals surface area contributed by atoms with Crippen molar-refractivity contribution in [1.82, 2.24) is 10.2 Å². The summed E-state index contributed by atoms with van der Waals surface area (Å²) in [5, 5.41) is 21.3. The zero-order valence-electron chi connectivity index (χ0n) is 20.3. The van der Waals surface area contributed by atoms with Crippen molar-refractivity contribution in [2.24, 2.45) is 0 Å². The largest absolute Gasteiger partial charge is 0.444 e. The number of hydrogen-bond acceptors (Lipinski definition) is 6. The Morgan fingerprint density at radius 2 is 1.74 bits per heavy atom. The Hall–Kier alpha value is -3.88. The molecule has 2 aromatic carbocycles. The zero-order chi connectivity index (χ0) is 25.4. The number of nitriles is 2. The van der Waals surface area contributed by atoms with Crippen LogP contribution >= 0.6 is 0 Å². The maximum absolute atomic E-state index is 12.9. The maximum Gasteiger partial charge on any atom is 0.410 e. The molecule has 182 valence electrons. The highest BCUT2D eigenvalue weighted by atomic mass is 16.6. The molecule has 0 radical (unpaired) electrons. The summed E-state index contributed by atoms with van der Waals surface area (Å²) in [6, 6.07) is 18.5. The van der Waals surface area contributed by atoms with E-state index in [2.05, 4.69) is 17.5 Å². The lowest BCUT2D eigenvalue weighted by Gasteiger charge is -2.27. The van der Waals surface area contributed by atoms with Gasteiger partial charge in [-0.1, -0.05) is 36.4 Å². The number of carbonyl (C=O) groups excluding carboxylic acids is 2. The molecule has 1 saturated heterocycles. The average molecular weight is 475 g/mol. The number of rotatable bonds is 5. The van der Waals surface area contributed by atoms with E-state index in [1.807, 2.05) is 36.4 Å². The smallest absolute Gasteiger partial charge is 0.410 e. The molecule has 2 aromatic rings. The van der Waals surface area contributed by atoms with Crippen LogP contribution < -0.4 is 5.32 Å². The minimum Gasteiger partial charge on any atom is -0.444 e. The standard InChI is InChI=1S/C27H30N4O4/c1-27(2,3)35-26(33)31-13-4-14-34-24(18-31)25(32)30-23(17-29)15-19-5-9-21(10-6-19)22-11-7-20(16-28)8-12-22/h5-12,23-24H,4,13-15,18H2,1-3H3,(H,30,32)/t23-,24-/m0/s1. The molecule has 1 heterocycles. The molecule has 0 aliphatic carbocycles. The van der Waals surface area contributed by atoms with E-state index in [0.717, 1.165) is 16.7 Å². The van der Waals surface area contributed by atoms with E-state index in [-0.39, 0.29) is 6.54 Å². The van der Waals surface area contributed by atoms with Crippen LogP contribution in [0.5, 0.6) is 0 Å². The van der Waals surface area contributed by atoms with Crippen LogP contribution in [0.3, 0.4) is 0 Å². The van der Waals surface area contributed by atoms with Gasteiger partial charge in [0.15, 0.2) is 6.10 Å². The first-order valence-electron chi connectivity index (χ1n) is 11.6. The van der Waals surface area contributed by atoms with Gasteiger partial charge in [-0.05, 0) is 56.0 Å². The number of carbonyl (C=O) groups is 2. The van der Waals surface area contributed by atoms with Gasteiger partial charge in [-0.3, -0.25) is 4.79 Å². The first kappa shape index (κ1) is 25.7. The quantitative estimate of drug-likeness (QED) is 0.705. The summed E-state index contributed by atoms with van der Waals surface area (Å²) in [4.78, 5) is 26.8. The number of nitrogens with one attached hydrogen (secondary N) is 1. The second kappa shape index (κ2) is 11.5. The van der Waals surface area contributed by atoms with Gasteiger partial charge in [0.25, 0.3) is 5.91 Å². The molecule has 3 rings (SSSR count). The summed E-state index contributed by atoms with van der Waals surface area (Å²) in [6.07, 6.45) is -0.436. The molecule has 2 amide bonds. The molecular weight excluding hydrogens is 444 g/mol. The van der Waals surface area contributed by atoms with Crippen molar-refractivity contribution < 1.29 is 19.1 Å². The summed E-state index contributed by atoms with van der Waals surface area (Å²) in [5.74, 6) is -0.429. The molecule has 1 aliphatic rings. The van der Waals surface area contributed by atoms with Gasteiger partial charge in [0, 0.05) is 19.6 Å². The predicted octanol–water partition coefficient (Wildman–Crippen LogP) is 3.80. The maximum atomic E-state index is 12.9. The van der Waals surface area contributed by atoms with Crippen molar-refractivity contribution in [2.45, 2.75) is 51.4 Å². The third-order valence-electron chi connectivity index (χ3n) is 5.44. The first-order valence-corrected chi connectivity index (χ1v) is 11.6. The Balaban J connectivity index is 1.60. The van der Waals surface area contributed by atoms with Crippen LogP contribution in [-0.4, -0.2) is 54.3 Å².